The summed E-state index contributed by atoms with van der Waals surface area (Å²) >= 11 is 3.40. The zero-order valence-electron chi connectivity index (χ0n) is 41.8. The number of aromatic nitrogens is 6. The number of hydrogen-bond donors (Lipinski definition) is 2. The summed E-state index contributed by atoms with van der Waals surface area (Å²) in [6.45, 7) is 14.4. The number of ether oxygens (including phenoxy) is 3. The second kappa shape index (κ2) is 19.7. The average molecular weight is 1060 g/mol. The Labute approximate surface area is 431 Å². The van der Waals surface area contributed by atoms with E-state index >= 15 is 0 Å². The lowest BCUT2D eigenvalue weighted by Crippen LogP contribution is -2.58. The van der Waals surface area contributed by atoms with Gasteiger partial charge in [0.15, 0.2) is 0 Å². The van der Waals surface area contributed by atoms with Gasteiger partial charge in [0.1, 0.15) is 41.1 Å². The molecular formula is C54H60BrN11O7. The Hall–Kier alpha value is -6.51. The number of aryl methyl sites for hydroxylation is 2. The van der Waals surface area contributed by atoms with Crippen molar-refractivity contribution >= 4 is 56.6 Å². The van der Waals surface area contributed by atoms with Crippen molar-refractivity contribution in [3.63, 3.8) is 0 Å². The topological polar surface area (TPSA) is 183 Å². The first-order chi connectivity index (χ1) is 35.1. The molecule has 12 rings (SSSR count). The number of fused-ring (bicyclic) bond motifs is 3. The van der Waals surface area contributed by atoms with Crippen LogP contribution in [0.2, 0.25) is 0 Å². The van der Waals surface area contributed by atoms with Crippen molar-refractivity contribution in [2.75, 3.05) is 74.7 Å². The lowest BCUT2D eigenvalue weighted by molar-refractivity contribution is -0.142. The Bertz CT molecular complexity index is 3210. The molecule has 11 heterocycles. The Kier molecular flexibility index (Phi) is 13.2. The van der Waals surface area contributed by atoms with E-state index in [9.17, 15) is 19.2 Å². The normalized spacial score (nSPS) is 18.9. The van der Waals surface area contributed by atoms with E-state index in [1.165, 1.54) is 38.4 Å². The van der Waals surface area contributed by atoms with Crippen molar-refractivity contribution in [3.8, 4) is 11.1 Å². The third-order valence-electron chi connectivity index (χ3n) is 15.1. The molecule has 18 nitrogen and oxygen atoms in total. The summed E-state index contributed by atoms with van der Waals surface area (Å²) in [7, 11) is 3.42. The van der Waals surface area contributed by atoms with Gasteiger partial charge in [-0.05, 0) is 92.8 Å². The SMILES string of the molecule is CC(=O)OCc1c(-c2cc(Nc3ccc(C4CN(C5COC5)C4)cn3)c(=O)n(C)c2)ccnc1N1CCn2c(cc3c2CC(C)(C)C3)C1=O.Cn1cc(Br)cc(Nc2ccc(C3CN(C4COC4)C3)cn2)c1=O. The molecule has 6 aliphatic rings. The monoisotopic (exact) mass is 1050 g/mol. The molecule has 6 aromatic rings. The van der Waals surface area contributed by atoms with Gasteiger partial charge in [0.2, 0.25) is 0 Å². The van der Waals surface area contributed by atoms with Crippen LogP contribution in [0.25, 0.3) is 11.1 Å². The number of carbonyl (C=O) groups excluding carboxylic acids is 2. The minimum atomic E-state index is -0.442. The predicted octanol–water partition coefficient (Wildman–Crippen LogP) is 6.12. The average Bonchev–Trinajstić information content (AvgIpc) is 3.80. The maximum Gasteiger partial charge on any atom is 0.302 e. The number of rotatable bonds is 12. The fraction of sp³-hybridized carbons (Fsp3) is 0.426. The predicted molar refractivity (Wildman–Crippen MR) is 280 cm³/mol. The summed E-state index contributed by atoms with van der Waals surface area (Å²) in [5, 5.41) is 6.32. The molecule has 6 aromatic heterocycles. The molecule has 0 aromatic carbocycles. The molecule has 0 radical (unpaired) electrons. The Balaban J connectivity index is 0.000000200. The highest BCUT2D eigenvalue weighted by Crippen LogP contribution is 2.41. The van der Waals surface area contributed by atoms with Crippen LogP contribution in [-0.4, -0.2) is 122 Å². The lowest BCUT2D eigenvalue weighted by Gasteiger charge is -2.47. The number of esters is 1. The first-order valence-corrected chi connectivity index (χ1v) is 25.7. The molecule has 0 bridgehead atoms. The number of anilines is 5. The second-order valence-corrected chi connectivity index (χ2v) is 21.9. The van der Waals surface area contributed by atoms with Crippen molar-refractivity contribution in [2.24, 2.45) is 19.5 Å². The van der Waals surface area contributed by atoms with Gasteiger partial charge in [0.05, 0.1) is 38.5 Å². The van der Waals surface area contributed by atoms with E-state index in [1.54, 1.807) is 49.7 Å². The summed E-state index contributed by atoms with van der Waals surface area (Å²) in [4.78, 5) is 71.8. The molecule has 73 heavy (non-hydrogen) atoms. The number of hydrogen-bond acceptors (Lipinski definition) is 14. The van der Waals surface area contributed by atoms with Crippen LogP contribution in [0.5, 0.6) is 0 Å². The van der Waals surface area contributed by atoms with Crippen molar-refractivity contribution in [1.82, 2.24) is 38.5 Å². The van der Waals surface area contributed by atoms with Crippen LogP contribution < -0.4 is 26.7 Å². The number of nitrogens with zero attached hydrogens (tertiary/aromatic N) is 9. The first-order valence-electron chi connectivity index (χ1n) is 25.0. The molecule has 1 aliphatic carbocycles. The molecule has 0 spiro atoms. The van der Waals surface area contributed by atoms with Gasteiger partial charge in [0, 0.05) is 124 Å². The van der Waals surface area contributed by atoms with Crippen LogP contribution in [0.3, 0.4) is 0 Å². The highest BCUT2D eigenvalue weighted by atomic mass is 79.9. The molecule has 4 saturated heterocycles. The van der Waals surface area contributed by atoms with Gasteiger partial charge in [-0.25, -0.2) is 15.0 Å². The number of nitrogens with one attached hydrogen (secondary N) is 2. The van der Waals surface area contributed by atoms with Gasteiger partial charge in [0.25, 0.3) is 17.0 Å². The number of amides is 1. The van der Waals surface area contributed by atoms with E-state index in [4.69, 9.17) is 14.2 Å². The highest BCUT2D eigenvalue weighted by Gasteiger charge is 2.40. The maximum atomic E-state index is 14.0. The van der Waals surface area contributed by atoms with E-state index in [0.717, 1.165) is 69.9 Å². The standard InChI is InChI=1S/C37H41N7O5.C17H19BrN4O2/c1-22(45)49-21-29-28(7-8-38-34(29)44-10-9-43-31(36(44)47)12-24-13-37(2,3)14-32(24)43)25-11-30(35(46)41(4)16-25)40-33-6-5-23(15-39-33)26-17-42(18-26)27-19-48-20-27;1-21-8-13(18)4-15(17(21)23)20-16-3-2-11(5-19-16)12-6-22(7-12)14-9-24-10-14/h5-8,11-12,15-16,26-27H,9-10,13-14,17-21H2,1-4H3,(H,39,40);2-5,8,12,14H,6-7,9-10H2,1H3,(H,19,20). The summed E-state index contributed by atoms with van der Waals surface area (Å²) in [5.41, 5.74) is 8.32. The third kappa shape index (κ3) is 9.88. The zero-order valence-corrected chi connectivity index (χ0v) is 43.4. The van der Waals surface area contributed by atoms with Gasteiger partial charge in [-0.15, -0.1) is 0 Å². The summed E-state index contributed by atoms with van der Waals surface area (Å²) in [6, 6.07) is 16.6. The molecule has 2 N–H and O–H groups in total. The fourth-order valence-electron chi connectivity index (χ4n) is 10.8. The minimum Gasteiger partial charge on any atom is -0.461 e. The maximum absolute atomic E-state index is 14.0. The van der Waals surface area contributed by atoms with Gasteiger partial charge in [-0.3, -0.25) is 33.9 Å². The largest absolute Gasteiger partial charge is 0.461 e. The quantitative estimate of drug-likeness (QED) is 0.134. The van der Waals surface area contributed by atoms with E-state index in [1.807, 2.05) is 36.7 Å². The van der Waals surface area contributed by atoms with Crippen molar-refractivity contribution in [3.05, 3.63) is 138 Å². The Morgan fingerprint density at radius 1 is 0.767 bits per heavy atom. The number of carbonyl (C=O) groups is 2. The van der Waals surface area contributed by atoms with Crippen LogP contribution >= 0.6 is 15.9 Å². The molecular weight excluding hydrogens is 995 g/mol. The Morgan fingerprint density at radius 2 is 1.36 bits per heavy atom. The minimum absolute atomic E-state index is 0.0791. The fourth-order valence-corrected chi connectivity index (χ4v) is 11.3. The van der Waals surface area contributed by atoms with Gasteiger partial charge >= 0.3 is 5.97 Å². The van der Waals surface area contributed by atoms with Crippen LogP contribution in [0.15, 0.2) is 93.6 Å². The van der Waals surface area contributed by atoms with E-state index in [2.05, 4.69) is 81.9 Å². The molecule has 380 valence electrons. The highest BCUT2D eigenvalue weighted by molar-refractivity contribution is 9.10. The van der Waals surface area contributed by atoms with Crippen molar-refractivity contribution in [1.29, 1.82) is 0 Å². The molecule has 1 amide bonds. The number of pyridine rings is 5. The van der Waals surface area contributed by atoms with Crippen LogP contribution in [-0.2, 0) is 59.1 Å². The summed E-state index contributed by atoms with van der Waals surface area (Å²) < 4.78 is 22.1. The molecule has 0 unspecified atom stereocenters. The summed E-state index contributed by atoms with van der Waals surface area (Å²) in [5.74, 6) is 2.10. The van der Waals surface area contributed by atoms with Crippen molar-refractivity contribution < 1.29 is 23.8 Å². The van der Waals surface area contributed by atoms with Crippen molar-refractivity contribution in [2.45, 2.75) is 70.7 Å². The molecule has 0 atom stereocenters. The van der Waals surface area contributed by atoms with E-state index in [0.29, 0.717) is 88.2 Å². The molecule has 4 fully saturated rings. The third-order valence-corrected chi connectivity index (χ3v) is 15.5. The summed E-state index contributed by atoms with van der Waals surface area (Å²) in [6.07, 6.45) is 10.8. The van der Waals surface area contributed by atoms with Crippen LogP contribution in [0.1, 0.15) is 71.0 Å². The van der Waals surface area contributed by atoms with E-state index < -0.39 is 5.97 Å². The van der Waals surface area contributed by atoms with Gasteiger partial charge in [-0.2, -0.15) is 0 Å². The second-order valence-electron chi connectivity index (χ2n) is 21.0. The van der Waals surface area contributed by atoms with E-state index in [-0.39, 0.29) is 29.0 Å². The van der Waals surface area contributed by atoms with Gasteiger partial charge in [-0.1, -0.05) is 26.0 Å². The zero-order chi connectivity index (χ0) is 50.7. The van der Waals surface area contributed by atoms with Crippen LogP contribution in [0.4, 0.5) is 28.8 Å². The van der Waals surface area contributed by atoms with Gasteiger partial charge < -0.3 is 38.5 Å². The van der Waals surface area contributed by atoms with Crippen LogP contribution in [0, 0.1) is 5.41 Å². The molecule has 5 aliphatic heterocycles. The molecule has 19 heteroatoms. The number of halogens is 1. The number of likely N-dealkylation sites (tertiary alicyclic amines) is 2. The molecule has 0 saturated carbocycles. The Morgan fingerprint density at radius 3 is 1.90 bits per heavy atom. The first kappa shape index (κ1) is 48.7. The smallest absolute Gasteiger partial charge is 0.302 e. The lowest BCUT2D eigenvalue weighted by atomic mass is 9.90.